The minimum Gasteiger partial charge on any atom is -0.457 e. The maximum atomic E-state index is 12.5. The van der Waals surface area contributed by atoms with Crippen molar-refractivity contribution in [3.8, 4) is 0 Å². The molecular formula is C43H77O9P. The van der Waals surface area contributed by atoms with Gasteiger partial charge in [-0.15, -0.1) is 0 Å². The second-order valence-electron chi connectivity index (χ2n) is 13.6. The first-order valence-corrected chi connectivity index (χ1v) is 22.3. The molecule has 0 saturated heterocycles. The van der Waals surface area contributed by atoms with Gasteiger partial charge in [-0.25, -0.2) is 4.57 Å². The van der Waals surface area contributed by atoms with E-state index in [4.69, 9.17) is 23.6 Å². The first-order valence-electron chi connectivity index (χ1n) is 20.8. The number of carbonyl (C=O) groups is 1. The van der Waals surface area contributed by atoms with Crippen LogP contribution in [0.4, 0.5) is 0 Å². The van der Waals surface area contributed by atoms with Crippen LogP contribution < -0.4 is 0 Å². The predicted octanol–water partition coefficient (Wildman–Crippen LogP) is 11.2. The number of allylic oxidation sites excluding steroid dienone is 10. The van der Waals surface area contributed by atoms with E-state index in [0.29, 0.717) is 13.0 Å². The van der Waals surface area contributed by atoms with Gasteiger partial charge in [0, 0.05) is 13.0 Å². The molecule has 0 aromatic rings. The molecule has 0 saturated carbocycles. The molecule has 53 heavy (non-hydrogen) atoms. The summed E-state index contributed by atoms with van der Waals surface area (Å²) in [5.74, 6) is -0.464. The molecule has 3 unspecified atom stereocenters. The zero-order valence-corrected chi connectivity index (χ0v) is 34.4. The van der Waals surface area contributed by atoms with Crippen molar-refractivity contribution in [3.05, 3.63) is 60.8 Å². The Morgan fingerprint density at radius 1 is 0.604 bits per heavy atom. The Morgan fingerprint density at radius 2 is 1.08 bits per heavy atom. The molecule has 3 atom stereocenters. The average molecular weight is 769 g/mol. The Kier molecular flexibility index (Phi) is 38.5. The van der Waals surface area contributed by atoms with Gasteiger partial charge in [-0.1, -0.05) is 152 Å². The predicted molar refractivity (Wildman–Crippen MR) is 219 cm³/mol. The molecule has 0 radical (unpaired) electrons. The molecule has 0 aliphatic rings. The Labute approximate surface area is 323 Å². The highest BCUT2D eigenvalue weighted by Gasteiger charge is 2.26. The lowest BCUT2D eigenvalue weighted by molar-refractivity contribution is -0.154. The molecule has 0 bridgehead atoms. The summed E-state index contributed by atoms with van der Waals surface area (Å²) in [6, 6.07) is 0. The fourth-order valence-corrected chi connectivity index (χ4v) is 6.09. The summed E-state index contributed by atoms with van der Waals surface area (Å²) in [6.07, 6.45) is 44.9. The van der Waals surface area contributed by atoms with Crippen molar-refractivity contribution in [1.82, 2.24) is 0 Å². The minimum atomic E-state index is -4.54. The largest absolute Gasteiger partial charge is 0.472 e. The zero-order chi connectivity index (χ0) is 38.9. The molecule has 0 fully saturated rings. The van der Waals surface area contributed by atoms with E-state index in [2.05, 4.69) is 62.5 Å². The summed E-state index contributed by atoms with van der Waals surface area (Å²) in [6.45, 7) is 3.28. The van der Waals surface area contributed by atoms with E-state index in [1.165, 1.54) is 89.9 Å². The van der Waals surface area contributed by atoms with Crippen LogP contribution in [0.2, 0.25) is 0 Å². The number of carbonyl (C=O) groups excluding carboxylic acids is 1. The Hall–Kier alpha value is -1.84. The number of hydrogen-bond donors (Lipinski definition) is 3. The molecule has 0 amide bonds. The average Bonchev–Trinajstić information content (AvgIpc) is 3.15. The van der Waals surface area contributed by atoms with Crippen molar-refractivity contribution in [3.63, 3.8) is 0 Å². The SMILES string of the molecule is CC/C=C\C/C=C\C/C=C\C/C=C\CCC(=O)OC(COCCCCCCCCCC/C=C\CCCCCCCCC)COP(=O)(O)OCC(O)CO. The summed E-state index contributed by atoms with van der Waals surface area (Å²) in [7, 11) is -4.54. The first kappa shape index (κ1) is 51.2. The second-order valence-corrected chi connectivity index (χ2v) is 15.1. The van der Waals surface area contributed by atoms with Gasteiger partial charge in [0.05, 0.1) is 26.4 Å². The number of rotatable bonds is 39. The molecule has 0 spiro atoms. The minimum absolute atomic E-state index is 0.0163. The third-order valence-corrected chi connectivity index (χ3v) is 9.40. The summed E-state index contributed by atoms with van der Waals surface area (Å²) in [5, 5.41) is 18.3. The van der Waals surface area contributed by atoms with E-state index in [1.54, 1.807) is 0 Å². The van der Waals surface area contributed by atoms with Gasteiger partial charge in [0.15, 0.2) is 0 Å². The molecular weight excluding hydrogens is 691 g/mol. The molecule has 3 N–H and O–H groups in total. The van der Waals surface area contributed by atoms with Crippen molar-refractivity contribution in [2.75, 3.05) is 33.0 Å². The third kappa shape index (κ3) is 39.7. The van der Waals surface area contributed by atoms with Gasteiger partial charge in [-0.05, 0) is 64.2 Å². The van der Waals surface area contributed by atoms with Crippen molar-refractivity contribution < 1.29 is 43.0 Å². The van der Waals surface area contributed by atoms with Gasteiger partial charge in [0.25, 0.3) is 0 Å². The fraction of sp³-hybridized carbons (Fsp3) is 0.744. The molecule has 0 rings (SSSR count). The second kappa shape index (κ2) is 39.8. The van der Waals surface area contributed by atoms with Crippen molar-refractivity contribution in [1.29, 1.82) is 0 Å². The normalized spacial score (nSPS) is 14.7. The monoisotopic (exact) mass is 769 g/mol. The van der Waals surface area contributed by atoms with Crippen LogP contribution in [-0.2, 0) is 27.9 Å². The standard InChI is InChI=1S/C43H77O9P/c1-3-5-7-9-11-13-15-17-18-19-20-21-22-24-26-28-30-32-34-36-49-39-42(40-51-53(47,48)50-38-41(45)37-44)52-43(46)35-33-31-29-27-25-23-16-14-12-10-8-6-4-2/h6,8,12,14,18-19,23,25,29,31,41-42,44-45H,3-5,7,9-11,13,15-17,20-22,24,26-28,30,32-40H2,1-2H3,(H,47,48)/b8-6-,14-12-,19-18-,25-23-,31-29-. The highest BCUT2D eigenvalue weighted by Crippen LogP contribution is 2.43. The van der Waals surface area contributed by atoms with Crippen LogP contribution in [0.5, 0.6) is 0 Å². The van der Waals surface area contributed by atoms with E-state index < -0.39 is 45.8 Å². The van der Waals surface area contributed by atoms with Gasteiger partial charge in [-0.3, -0.25) is 13.8 Å². The molecule has 308 valence electrons. The summed E-state index contributed by atoms with van der Waals surface area (Å²) >= 11 is 0. The number of phosphoric ester groups is 1. The smallest absolute Gasteiger partial charge is 0.457 e. The Morgan fingerprint density at radius 3 is 1.62 bits per heavy atom. The van der Waals surface area contributed by atoms with Crippen molar-refractivity contribution >= 4 is 13.8 Å². The van der Waals surface area contributed by atoms with Crippen molar-refractivity contribution in [2.24, 2.45) is 0 Å². The highest BCUT2D eigenvalue weighted by molar-refractivity contribution is 7.47. The molecule has 0 aromatic carbocycles. The lowest BCUT2D eigenvalue weighted by Gasteiger charge is -2.20. The van der Waals surface area contributed by atoms with Crippen LogP contribution in [0.1, 0.15) is 162 Å². The number of ether oxygens (including phenoxy) is 2. The highest BCUT2D eigenvalue weighted by atomic mass is 31.2. The Bertz CT molecular complexity index is 1010. The van der Waals surface area contributed by atoms with Gasteiger partial charge in [0.2, 0.25) is 0 Å². The topological polar surface area (TPSA) is 132 Å². The molecule has 0 aromatic heterocycles. The van der Waals surface area contributed by atoms with Crippen LogP contribution in [0.15, 0.2) is 60.8 Å². The van der Waals surface area contributed by atoms with E-state index >= 15 is 0 Å². The summed E-state index contributed by atoms with van der Waals surface area (Å²) in [4.78, 5) is 22.5. The quantitative estimate of drug-likeness (QED) is 0.0242. The zero-order valence-electron chi connectivity index (χ0n) is 33.5. The first-order chi connectivity index (χ1) is 25.8. The fourth-order valence-electron chi connectivity index (χ4n) is 5.30. The van der Waals surface area contributed by atoms with Crippen molar-refractivity contribution in [2.45, 2.75) is 174 Å². The number of aliphatic hydroxyl groups excluding tert-OH is 2. The maximum Gasteiger partial charge on any atom is 0.472 e. The lowest BCUT2D eigenvalue weighted by atomic mass is 10.1. The number of aliphatic hydroxyl groups is 2. The molecule has 0 aliphatic heterocycles. The van der Waals surface area contributed by atoms with E-state index in [9.17, 15) is 19.4 Å². The molecule has 0 aliphatic carbocycles. The molecule has 9 nitrogen and oxygen atoms in total. The van der Waals surface area contributed by atoms with Crippen LogP contribution >= 0.6 is 7.82 Å². The lowest BCUT2D eigenvalue weighted by Crippen LogP contribution is -2.29. The number of unbranched alkanes of at least 4 members (excludes halogenated alkanes) is 15. The molecule has 10 heteroatoms. The van der Waals surface area contributed by atoms with Gasteiger partial charge < -0.3 is 24.6 Å². The van der Waals surface area contributed by atoms with Crippen LogP contribution in [0.3, 0.4) is 0 Å². The maximum absolute atomic E-state index is 12.5. The van der Waals surface area contributed by atoms with E-state index in [-0.39, 0.29) is 13.0 Å². The molecule has 0 heterocycles. The van der Waals surface area contributed by atoms with Gasteiger partial charge in [-0.2, -0.15) is 0 Å². The van der Waals surface area contributed by atoms with E-state index in [1.807, 2.05) is 12.2 Å². The summed E-state index contributed by atoms with van der Waals surface area (Å²) in [5.41, 5.74) is 0. The van der Waals surface area contributed by atoms with E-state index in [0.717, 1.165) is 44.9 Å². The Balaban J connectivity index is 4.25. The third-order valence-electron chi connectivity index (χ3n) is 8.45. The van der Waals surface area contributed by atoms with Crippen LogP contribution in [0, 0.1) is 0 Å². The van der Waals surface area contributed by atoms with Crippen LogP contribution in [-0.4, -0.2) is 66.3 Å². The summed E-state index contributed by atoms with van der Waals surface area (Å²) < 4.78 is 33.2. The van der Waals surface area contributed by atoms with Crippen LogP contribution in [0.25, 0.3) is 0 Å². The van der Waals surface area contributed by atoms with Gasteiger partial charge >= 0.3 is 13.8 Å². The van der Waals surface area contributed by atoms with Gasteiger partial charge in [0.1, 0.15) is 12.2 Å². The number of phosphoric acid groups is 1. The number of hydrogen-bond acceptors (Lipinski definition) is 8. The number of esters is 1.